The number of amides is 3. The molecule has 140 valence electrons. The molecule has 11 nitrogen and oxygen atoms in total. The molecule has 0 radical (unpaired) electrons. The lowest BCUT2D eigenvalue weighted by Crippen LogP contribution is -2.48. The van der Waals surface area contributed by atoms with Crippen LogP contribution in [0, 0.1) is 17.0 Å². The predicted molar refractivity (Wildman–Crippen MR) is 88.7 cm³/mol. The Kier molecular flexibility index (Phi) is 4.44. The van der Waals surface area contributed by atoms with Crippen LogP contribution in [0.5, 0.6) is 0 Å². The first-order chi connectivity index (χ1) is 12.7. The van der Waals surface area contributed by atoms with E-state index in [0.29, 0.717) is 10.7 Å². The molecule has 27 heavy (non-hydrogen) atoms. The molecule has 1 aliphatic rings. The normalized spacial score (nSPS) is 15.4. The highest BCUT2D eigenvalue weighted by Crippen LogP contribution is 2.32. The molecule has 2 aromatic rings. The van der Waals surface area contributed by atoms with Crippen molar-refractivity contribution in [3.05, 3.63) is 51.2 Å². The molecule has 0 bridgehead atoms. The van der Waals surface area contributed by atoms with Gasteiger partial charge in [0.05, 0.1) is 10.5 Å². The molecule has 3 rings (SSSR count). The lowest BCUT2D eigenvalue weighted by molar-refractivity contribution is -0.385. The van der Waals surface area contributed by atoms with Crippen molar-refractivity contribution in [2.24, 2.45) is 0 Å². The number of hydrogen-bond donors (Lipinski definition) is 1. The molecule has 1 aromatic heterocycles. The summed E-state index contributed by atoms with van der Waals surface area (Å²) in [7, 11) is 0. The fourth-order valence-corrected chi connectivity index (χ4v) is 2.79. The van der Waals surface area contributed by atoms with E-state index in [0.717, 1.165) is 6.07 Å². The molecule has 11 heteroatoms. The number of nitro groups is 1. The first-order valence-corrected chi connectivity index (χ1v) is 7.98. The summed E-state index contributed by atoms with van der Waals surface area (Å²) < 4.78 is 4.97. The maximum atomic E-state index is 12.6. The van der Waals surface area contributed by atoms with Gasteiger partial charge in [0, 0.05) is 6.07 Å². The highest BCUT2D eigenvalue weighted by Gasteiger charge is 2.45. The summed E-state index contributed by atoms with van der Waals surface area (Å²) in [6.07, 6.45) is 0. The third kappa shape index (κ3) is 3.03. The Morgan fingerprint density at radius 3 is 2.59 bits per heavy atom. The zero-order valence-electron chi connectivity index (χ0n) is 14.6. The molecule has 0 spiro atoms. The van der Waals surface area contributed by atoms with E-state index in [-0.39, 0.29) is 17.0 Å². The van der Waals surface area contributed by atoms with Crippen molar-refractivity contribution in [3.63, 3.8) is 0 Å². The van der Waals surface area contributed by atoms with E-state index in [2.05, 4.69) is 15.5 Å². The first kappa shape index (κ1) is 18.2. The number of nitro benzene ring substituents is 1. The zero-order valence-corrected chi connectivity index (χ0v) is 14.6. The van der Waals surface area contributed by atoms with Crippen LogP contribution in [-0.4, -0.2) is 43.7 Å². The van der Waals surface area contributed by atoms with Crippen LogP contribution in [0.4, 0.5) is 5.69 Å². The van der Waals surface area contributed by atoms with Crippen LogP contribution in [0.3, 0.4) is 0 Å². The van der Waals surface area contributed by atoms with E-state index in [9.17, 15) is 24.5 Å². The minimum Gasteiger partial charge on any atom is -0.343 e. The molecule has 1 aliphatic heterocycles. The number of nitrogens with zero attached hydrogens (tertiary/aromatic N) is 4. The van der Waals surface area contributed by atoms with E-state index < -0.39 is 40.4 Å². The summed E-state index contributed by atoms with van der Waals surface area (Å²) in [5, 5.41) is 17.3. The Labute approximate surface area is 152 Å². The van der Waals surface area contributed by atoms with Gasteiger partial charge >= 0.3 is 0 Å². The van der Waals surface area contributed by atoms with E-state index >= 15 is 0 Å². The third-order valence-corrected chi connectivity index (χ3v) is 4.16. The number of aryl methyl sites for hydroxylation is 1. The average molecular weight is 373 g/mol. The smallest absolute Gasteiger partial charge is 0.282 e. The molecule has 3 amide bonds. The quantitative estimate of drug-likeness (QED) is 0.466. The molecule has 2 unspecified atom stereocenters. The van der Waals surface area contributed by atoms with E-state index in [4.69, 9.17) is 4.52 Å². The SMILES string of the molecule is Cc1noc(C(C)NC(=O)C(C)N2C(=O)c3cccc([N+](=O)[O-])c3C2=O)n1. The number of benzene rings is 1. The van der Waals surface area contributed by atoms with Crippen LogP contribution < -0.4 is 5.32 Å². The molecule has 0 saturated carbocycles. The van der Waals surface area contributed by atoms with Gasteiger partial charge in [0.15, 0.2) is 5.82 Å². The topological polar surface area (TPSA) is 149 Å². The largest absolute Gasteiger partial charge is 0.343 e. The van der Waals surface area contributed by atoms with Crippen LogP contribution in [0.15, 0.2) is 22.7 Å². The summed E-state index contributed by atoms with van der Waals surface area (Å²) in [6.45, 7) is 4.58. The van der Waals surface area contributed by atoms with Crippen molar-refractivity contribution < 1.29 is 23.8 Å². The first-order valence-electron chi connectivity index (χ1n) is 7.98. The van der Waals surface area contributed by atoms with Crippen molar-refractivity contribution in [1.82, 2.24) is 20.4 Å². The van der Waals surface area contributed by atoms with Gasteiger partial charge in [-0.3, -0.25) is 29.4 Å². The van der Waals surface area contributed by atoms with E-state index in [1.807, 2.05) is 0 Å². The van der Waals surface area contributed by atoms with Gasteiger partial charge in [-0.2, -0.15) is 4.98 Å². The van der Waals surface area contributed by atoms with Crippen LogP contribution in [0.2, 0.25) is 0 Å². The zero-order chi connectivity index (χ0) is 19.9. The number of aromatic nitrogens is 2. The van der Waals surface area contributed by atoms with Crippen LogP contribution >= 0.6 is 0 Å². The Morgan fingerprint density at radius 1 is 1.30 bits per heavy atom. The number of carbonyl (C=O) groups excluding carboxylic acids is 3. The second-order valence-corrected chi connectivity index (χ2v) is 6.02. The van der Waals surface area contributed by atoms with E-state index in [1.54, 1.807) is 13.8 Å². The molecule has 0 aliphatic carbocycles. The number of imide groups is 1. The van der Waals surface area contributed by atoms with E-state index in [1.165, 1.54) is 19.1 Å². The van der Waals surface area contributed by atoms with Crippen molar-refractivity contribution >= 4 is 23.4 Å². The van der Waals surface area contributed by atoms with Gasteiger partial charge in [-0.25, -0.2) is 0 Å². The summed E-state index contributed by atoms with van der Waals surface area (Å²) in [6, 6.07) is 1.93. The summed E-state index contributed by atoms with van der Waals surface area (Å²) >= 11 is 0. The molecule has 1 N–H and O–H groups in total. The van der Waals surface area contributed by atoms with Crippen LogP contribution in [0.25, 0.3) is 0 Å². The lowest BCUT2D eigenvalue weighted by atomic mass is 10.1. The number of hydrogen-bond acceptors (Lipinski definition) is 8. The number of rotatable bonds is 5. The monoisotopic (exact) mass is 373 g/mol. The van der Waals surface area contributed by atoms with Crippen molar-refractivity contribution in [3.8, 4) is 0 Å². The average Bonchev–Trinajstić information content (AvgIpc) is 3.16. The Morgan fingerprint density at radius 2 is 2.00 bits per heavy atom. The summed E-state index contributed by atoms with van der Waals surface area (Å²) in [5.41, 5.74) is -0.891. The van der Waals surface area contributed by atoms with Gasteiger partial charge in [-0.15, -0.1) is 0 Å². The molecular formula is C16H15N5O6. The standard InChI is InChI=1S/C16H15N5O6/c1-7(14-18-9(3)19-27-14)17-13(22)8(2)20-15(23)10-5-4-6-11(21(25)26)12(10)16(20)24/h4-8H,1-3H3,(H,17,22). The van der Waals surface area contributed by atoms with Crippen LogP contribution in [0.1, 0.15) is 52.3 Å². The molecule has 2 heterocycles. The molecule has 0 saturated heterocycles. The molecular weight excluding hydrogens is 358 g/mol. The maximum absolute atomic E-state index is 12.6. The second kappa shape index (κ2) is 6.59. The minimum atomic E-state index is -1.19. The Balaban J connectivity index is 1.83. The number of nitrogens with one attached hydrogen (secondary N) is 1. The summed E-state index contributed by atoms with van der Waals surface area (Å²) in [4.78, 5) is 52.8. The van der Waals surface area contributed by atoms with Gasteiger partial charge < -0.3 is 9.84 Å². The van der Waals surface area contributed by atoms with Gasteiger partial charge in [-0.1, -0.05) is 11.2 Å². The highest BCUT2D eigenvalue weighted by atomic mass is 16.6. The predicted octanol–water partition coefficient (Wildman–Crippen LogP) is 1.15. The molecule has 0 fully saturated rings. The molecule has 1 aromatic carbocycles. The van der Waals surface area contributed by atoms with Crippen LogP contribution in [-0.2, 0) is 4.79 Å². The van der Waals surface area contributed by atoms with Gasteiger partial charge in [0.25, 0.3) is 17.5 Å². The summed E-state index contributed by atoms with van der Waals surface area (Å²) in [5.74, 6) is -1.72. The second-order valence-electron chi connectivity index (χ2n) is 6.02. The van der Waals surface area contributed by atoms with Crippen molar-refractivity contribution in [2.75, 3.05) is 0 Å². The van der Waals surface area contributed by atoms with Crippen molar-refractivity contribution in [1.29, 1.82) is 0 Å². The van der Waals surface area contributed by atoms with Gasteiger partial charge in [-0.05, 0) is 26.8 Å². The maximum Gasteiger partial charge on any atom is 0.282 e. The van der Waals surface area contributed by atoms with Crippen molar-refractivity contribution in [2.45, 2.75) is 32.9 Å². The number of carbonyl (C=O) groups is 3. The minimum absolute atomic E-state index is 0.102. The molecule has 2 atom stereocenters. The third-order valence-electron chi connectivity index (χ3n) is 4.16. The Bertz CT molecular complexity index is 968. The highest BCUT2D eigenvalue weighted by molar-refractivity contribution is 6.24. The fraction of sp³-hybridized carbons (Fsp3) is 0.312. The lowest BCUT2D eigenvalue weighted by Gasteiger charge is -2.22. The fourth-order valence-electron chi connectivity index (χ4n) is 2.79. The number of fused-ring (bicyclic) bond motifs is 1. The Hall–Kier alpha value is -3.63. The van der Waals surface area contributed by atoms with Gasteiger partial charge in [0.1, 0.15) is 17.6 Å². The van der Waals surface area contributed by atoms with Gasteiger partial charge in [0.2, 0.25) is 11.8 Å².